The number of thiophene rings is 1. The molecule has 0 aliphatic carbocycles. The molecule has 0 aliphatic heterocycles. The second kappa shape index (κ2) is 10.5. The van der Waals surface area contributed by atoms with Crippen molar-refractivity contribution < 1.29 is 4.79 Å². The van der Waals surface area contributed by atoms with Crippen LogP contribution in [0, 0.1) is 0 Å². The summed E-state index contributed by atoms with van der Waals surface area (Å²) in [5, 5.41) is 5.63. The van der Waals surface area contributed by atoms with E-state index in [2.05, 4.69) is 23.3 Å². The fourth-order valence-corrected chi connectivity index (χ4v) is 6.59. The van der Waals surface area contributed by atoms with Gasteiger partial charge in [-0.05, 0) is 48.2 Å². The molecule has 0 fully saturated rings. The van der Waals surface area contributed by atoms with Gasteiger partial charge in [-0.25, -0.2) is 4.98 Å². The second-order valence-corrected chi connectivity index (χ2v) is 11.1. The topological polar surface area (TPSA) is 79.8 Å². The van der Waals surface area contributed by atoms with Crippen molar-refractivity contribution in [2.75, 3.05) is 11.1 Å². The molecule has 0 bridgehead atoms. The number of rotatable bonds is 8. The van der Waals surface area contributed by atoms with Crippen LogP contribution in [-0.2, 0) is 24.2 Å². The first-order valence-corrected chi connectivity index (χ1v) is 14.4. The molecular formula is C30H26N4O2S2. The fourth-order valence-electron chi connectivity index (χ4n) is 4.68. The number of nitrogens with zero attached hydrogens (tertiary/aromatic N) is 2. The zero-order valence-corrected chi connectivity index (χ0v) is 22.5. The van der Waals surface area contributed by atoms with E-state index in [0.29, 0.717) is 28.3 Å². The van der Waals surface area contributed by atoms with Gasteiger partial charge < -0.3 is 10.3 Å². The number of fused-ring (bicyclic) bond motifs is 4. The van der Waals surface area contributed by atoms with Gasteiger partial charge in [0, 0.05) is 39.4 Å². The Morgan fingerprint density at radius 1 is 1.03 bits per heavy atom. The van der Waals surface area contributed by atoms with Gasteiger partial charge in [-0.2, -0.15) is 0 Å². The summed E-state index contributed by atoms with van der Waals surface area (Å²) >= 11 is 2.78. The Bertz CT molecular complexity index is 1830. The average Bonchev–Trinajstić information content (AvgIpc) is 3.53. The minimum absolute atomic E-state index is 0.0610. The van der Waals surface area contributed by atoms with Gasteiger partial charge in [0.1, 0.15) is 4.70 Å². The Kier molecular flexibility index (Phi) is 6.74. The molecular weight excluding hydrogens is 512 g/mol. The lowest BCUT2D eigenvalue weighted by atomic mass is 10.1. The smallest absolute Gasteiger partial charge is 0.272 e. The van der Waals surface area contributed by atoms with Gasteiger partial charge in [0.15, 0.2) is 5.16 Å². The van der Waals surface area contributed by atoms with Crippen LogP contribution in [0.5, 0.6) is 0 Å². The van der Waals surface area contributed by atoms with Crippen LogP contribution in [0.2, 0.25) is 0 Å². The Morgan fingerprint density at radius 3 is 2.61 bits per heavy atom. The molecule has 0 saturated carbocycles. The van der Waals surface area contributed by atoms with Crippen LogP contribution in [0.4, 0.5) is 5.69 Å². The third-order valence-electron chi connectivity index (χ3n) is 6.70. The van der Waals surface area contributed by atoms with Crippen molar-refractivity contribution in [1.29, 1.82) is 0 Å². The number of aromatic amines is 1. The lowest BCUT2D eigenvalue weighted by Crippen LogP contribution is -2.24. The monoisotopic (exact) mass is 538 g/mol. The summed E-state index contributed by atoms with van der Waals surface area (Å²) in [7, 11) is 0. The number of anilines is 1. The summed E-state index contributed by atoms with van der Waals surface area (Å²) in [5.74, 6) is 0.0229. The summed E-state index contributed by atoms with van der Waals surface area (Å²) in [6.45, 7) is 2.57. The summed E-state index contributed by atoms with van der Waals surface area (Å²) in [5.41, 5.74) is 4.85. The SMILES string of the molecule is CCc1ccc(NC(=O)CSc2nc3c(sc4ccccc43)c(=O)n2CCc2c[nH]c3ccccc23)cc1. The highest BCUT2D eigenvalue weighted by atomic mass is 32.2. The Labute approximate surface area is 227 Å². The Hall–Kier alpha value is -3.88. The lowest BCUT2D eigenvalue weighted by molar-refractivity contribution is -0.113. The third kappa shape index (κ3) is 4.73. The normalized spacial score (nSPS) is 11.5. The molecule has 0 radical (unpaired) electrons. The molecule has 0 atom stereocenters. The van der Waals surface area contributed by atoms with Crippen molar-refractivity contribution >= 4 is 65.9 Å². The molecule has 0 unspecified atom stereocenters. The number of carbonyl (C=O) groups is 1. The number of hydrogen-bond acceptors (Lipinski definition) is 5. The minimum Gasteiger partial charge on any atom is -0.361 e. The number of para-hydroxylation sites is 1. The van der Waals surface area contributed by atoms with E-state index in [1.165, 1.54) is 28.7 Å². The van der Waals surface area contributed by atoms with E-state index in [9.17, 15) is 9.59 Å². The van der Waals surface area contributed by atoms with Gasteiger partial charge >= 0.3 is 0 Å². The van der Waals surface area contributed by atoms with Gasteiger partial charge in [0.05, 0.1) is 11.3 Å². The van der Waals surface area contributed by atoms with E-state index in [0.717, 1.165) is 38.7 Å². The van der Waals surface area contributed by atoms with E-state index >= 15 is 0 Å². The number of aryl methyl sites for hydroxylation is 2. The maximum atomic E-state index is 13.7. The molecule has 8 heteroatoms. The van der Waals surface area contributed by atoms with Gasteiger partial charge in [0.2, 0.25) is 5.91 Å². The van der Waals surface area contributed by atoms with Crippen molar-refractivity contribution in [3.05, 3.63) is 100 Å². The zero-order chi connectivity index (χ0) is 26.1. The molecule has 3 aromatic heterocycles. The minimum atomic E-state index is -0.132. The highest BCUT2D eigenvalue weighted by Gasteiger charge is 2.18. The highest BCUT2D eigenvalue weighted by Crippen LogP contribution is 2.32. The Morgan fingerprint density at radius 2 is 1.79 bits per heavy atom. The number of thioether (sulfide) groups is 1. The van der Waals surface area contributed by atoms with Crippen molar-refractivity contribution in [3.63, 3.8) is 0 Å². The molecule has 38 heavy (non-hydrogen) atoms. The lowest BCUT2D eigenvalue weighted by Gasteiger charge is -2.12. The van der Waals surface area contributed by atoms with Crippen LogP contribution in [0.1, 0.15) is 18.1 Å². The maximum Gasteiger partial charge on any atom is 0.272 e. The molecule has 1 amide bonds. The second-order valence-electron chi connectivity index (χ2n) is 9.12. The molecule has 2 N–H and O–H groups in total. The number of benzene rings is 3. The Balaban J connectivity index is 1.31. The molecule has 3 aromatic carbocycles. The molecule has 3 heterocycles. The van der Waals surface area contributed by atoms with Crippen LogP contribution < -0.4 is 10.9 Å². The summed E-state index contributed by atoms with van der Waals surface area (Å²) < 4.78 is 3.41. The first-order valence-electron chi connectivity index (χ1n) is 12.6. The molecule has 6 nitrogen and oxygen atoms in total. The first-order chi connectivity index (χ1) is 18.6. The standard InChI is InChI=1S/C30H26N4O2S2/c1-2-19-11-13-21(14-12-19)32-26(35)18-37-30-33-27-23-8-4-6-10-25(23)38-28(27)29(36)34(30)16-15-20-17-31-24-9-5-3-7-22(20)24/h3-14,17,31H,2,15-16,18H2,1H3,(H,32,35). The number of hydrogen-bond donors (Lipinski definition) is 2. The molecule has 6 rings (SSSR count). The van der Waals surface area contributed by atoms with Gasteiger partial charge in [0.25, 0.3) is 5.56 Å². The zero-order valence-electron chi connectivity index (χ0n) is 20.9. The van der Waals surface area contributed by atoms with Crippen molar-refractivity contribution in [1.82, 2.24) is 14.5 Å². The van der Waals surface area contributed by atoms with Crippen molar-refractivity contribution in [2.24, 2.45) is 0 Å². The van der Waals surface area contributed by atoms with Crippen LogP contribution >= 0.6 is 23.1 Å². The summed E-state index contributed by atoms with van der Waals surface area (Å²) in [6, 6.07) is 24.0. The predicted molar refractivity (Wildman–Crippen MR) is 159 cm³/mol. The highest BCUT2D eigenvalue weighted by molar-refractivity contribution is 7.99. The number of nitrogens with one attached hydrogen (secondary N) is 2. The van der Waals surface area contributed by atoms with Crippen LogP contribution in [0.25, 0.3) is 31.2 Å². The quantitative estimate of drug-likeness (QED) is 0.168. The predicted octanol–water partition coefficient (Wildman–Crippen LogP) is 6.63. The van der Waals surface area contributed by atoms with Crippen LogP contribution in [-0.4, -0.2) is 26.2 Å². The van der Waals surface area contributed by atoms with E-state index in [-0.39, 0.29) is 17.2 Å². The van der Waals surface area contributed by atoms with Crippen LogP contribution in [0.3, 0.4) is 0 Å². The maximum absolute atomic E-state index is 13.7. The molecule has 190 valence electrons. The van der Waals surface area contributed by atoms with Crippen molar-refractivity contribution in [2.45, 2.75) is 31.5 Å². The van der Waals surface area contributed by atoms with Gasteiger partial charge in [-0.1, -0.05) is 67.2 Å². The van der Waals surface area contributed by atoms with E-state index < -0.39 is 0 Å². The molecule has 6 aromatic rings. The van der Waals surface area contributed by atoms with E-state index in [4.69, 9.17) is 4.98 Å². The number of aromatic nitrogens is 3. The first kappa shape index (κ1) is 24.5. The summed E-state index contributed by atoms with van der Waals surface area (Å²) in [4.78, 5) is 34.8. The molecule has 0 aliphatic rings. The number of amides is 1. The van der Waals surface area contributed by atoms with E-state index in [1.54, 1.807) is 4.57 Å². The largest absolute Gasteiger partial charge is 0.361 e. The number of carbonyl (C=O) groups excluding carboxylic acids is 1. The average molecular weight is 539 g/mol. The van der Waals surface area contributed by atoms with Crippen LogP contribution in [0.15, 0.2) is 88.9 Å². The van der Waals surface area contributed by atoms with E-state index in [1.807, 2.05) is 72.9 Å². The third-order valence-corrected chi connectivity index (χ3v) is 8.83. The molecule has 0 spiro atoms. The number of H-pyrrole nitrogens is 1. The fraction of sp³-hybridized carbons (Fsp3) is 0.167. The van der Waals surface area contributed by atoms with Gasteiger partial charge in [-0.3, -0.25) is 14.2 Å². The van der Waals surface area contributed by atoms with Crippen molar-refractivity contribution in [3.8, 4) is 0 Å². The van der Waals surface area contributed by atoms with Gasteiger partial charge in [-0.15, -0.1) is 11.3 Å². The summed E-state index contributed by atoms with van der Waals surface area (Å²) in [6.07, 6.45) is 3.63. The molecule has 0 saturated heterocycles.